The third-order valence-corrected chi connectivity index (χ3v) is 3.86. The quantitative estimate of drug-likeness (QED) is 0.866. The summed E-state index contributed by atoms with van der Waals surface area (Å²) in [7, 11) is 0. The molecule has 1 aliphatic heterocycles. The zero-order chi connectivity index (χ0) is 13.4. The van der Waals surface area contributed by atoms with Gasteiger partial charge in [0.25, 0.3) is 0 Å². The normalized spacial score (nSPS) is 19.4. The SMILES string of the molecule is O=C(O)c1cc(Br)c(Cl)cc1N1CC(O)CC1=O. The van der Waals surface area contributed by atoms with E-state index in [2.05, 4.69) is 15.9 Å². The summed E-state index contributed by atoms with van der Waals surface area (Å²) < 4.78 is 0.442. The number of β-amino-alcohol motifs (C(OH)–C–C–N with tert-alkyl or cyclic N) is 1. The van der Waals surface area contributed by atoms with Gasteiger partial charge in [0.1, 0.15) is 0 Å². The Morgan fingerprint density at radius 2 is 2.17 bits per heavy atom. The van der Waals surface area contributed by atoms with Crippen LogP contribution in [-0.2, 0) is 4.79 Å². The summed E-state index contributed by atoms with van der Waals surface area (Å²) in [5, 5.41) is 18.9. The molecule has 7 heteroatoms. The van der Waals surface area contributed by atoms with Crippen molar-refractivity contribution in [2.75, 3.05) is 11.4 Å². The number of anilines is 1. The molecule has 2 rings (SSSR count). The van der Waals surface area contributed by atoms with Crippen molar-refractivity contribution in [3.63, 3.8) is 0 Å². The minimum Gasteiger partial charge on any atom is -0.478 e. The molecule has 0 spiro atoms. The maximum Gasteiger partial charge on any atom is 0.337 e. The van der Waals surface area contributed by atoms with Gasteiger partial charge in [-0.3, -0.25) is 4.79 Å². The van der Waals surface area contributed by atoms with Crippen molar-refractivity contribution >= 4 is 45.1 Å². The molecule has 1 fully saturated rings. The Bertz CT molecular complexity index is 534. The number of aliphatic hydroxyl groups excluding tert-OH is 1. The zero-order valence-electron chi connectivity index (χ0n) is 9.06. The molecule has 1 atom stereocenters. The fraction of sp³-hybridized carbons (Fsp3) is 0.273. The predicted molar refractivity (Wildman–Crippen MR) is 69.1 cm³/mol. The van der Waals surface area contributed by atoms with Crippen LogP contribution in [0, 0.1) is 0 Å². The number of carbonyl (C=O) groups is 2. The van der Waals surface area contributed by atoms with Gasteiger partial charge in [-0.05, 0) is 28.1 Å². The molecule has 1 heterocycles. The van der Waals surface area contributed by atoms with Crippen LogP contribution < -0.4 is 4.90 Å². The minimum absolute atomic E-state index is 0.00720. The van der Waals surface area contributed by atoms with Crippen molar-refractivity contribution in [2.45, 2.75) is 12.5 Å². The first-order chi connectivity index (χ1) is 8.40. The average molecular weight is 335 g/mol. The molecule has 0 aliphatic carbocycles. The number of hydrogen-bond acceptors (Lipinski definition) is 3. The number of carbonyl (C=O) groups excluding carboxylic acids is 1. The van der Waals surface area contributed by atoms with Gasteiger partial charge in [0.2, 0.25) is 5.91 Å². The molecule has 96 valence electrons. The third-order valence-electron chi connectivity index (χ3n) is 2.66. The first kappa shape index (κ1) is 13.3. The predicted octanol–water partition coefficient (Wildman–Crippen LogP) is 1.90. The fourth-order valence-electron chi connectivity index (χ4n) is 1.85. The van der Waals surface area contributed by atoms with Crippen molar-refractivity contribution in [1.29, 1.82) is 0 Å². The topological polar surface area (TPSA) is 77.8 Å². The molecule has 1 amide bonds. The van der Waals surface area contributed by atoms with Gasteiger partial charge in [-0.25, -0.2) is 4.79 Å². The Balaban J connectivity index is 2.52. The average Bonchev–Trinajstić information content (AvgIpc) is 2.61. The minimum atomic E-state index is -1.16. The maximum absolute atomic E-state index is 11.7. The molecule has 1 aromatic rings. The van der Waals surface area contributed by atoms with E-state index < -0.39 is 12.1 Å². The molecule has 1 aliphatic rings. The maximum atomic E-state index is 11.7. The molecule has 18 heavy (non-hydrogen) atoms. The zero-order valence-corrected chi connectivity index (χ0v) is 11.4. The number of aliphatic hydroxyl groups is 1. The summed E-state index contributed by atoms with van der Waals surface area (Å²) in [6, 6.07) is 2.75. The number of carboxylic acid groups (broad SMARTS) is 1. The number of aromatic carboxylic acids is 1. The van der Waals surface area contributed by atoms with Crippen LogP contribution >= 0.6 is 27.5 Å². The van der Waals surface area contributed by atoms with Crippen molar-refractivity contribution in [2.24, 2.45) is 0 Å². The highest BCUT2D eigenvalue weighted by Gasteiger charge is 2.32. The number of benzene rings is 1. The Morgan fingerprint density at radius 1 is 1.50 bits per heavy atom. The van der Waals surface area contributed by atoms with Crippen LogP contribution in [0.2, 0.25) is 5.02 Å². The first-order valence-electron chi connectivity index (χ1n) is 5.11. The van der Waals surface area contributed by atoms with Crippen LogP contribution in [0.3, 0.4) is 0 Å². The van der Waals surface area contributed by atoms with Crippen molar-refractivity contribution in [1.82, 2.24) is 0 Å². The molecule has 0 bridgehead atoms. The van der Waals surface area contributed by atoms with Crippen molar-refractivity contribution < 1.29 is 19.8 Å². The Hall–Kier alpha value is -1.11. The molecule has 0 aromatic heterocycles. The van der Waals surface area contributed by atoms with E-state index in [0.29, 0.717) is 9.50 Å². The van der Waals surface area contributed by atoms with E-state index in [1.807, 2.05) is 0 Å². The van der Waals surface area contributed by atoms with E-state index in [-0.39, 0.29) is 30.1 Å². The van der Waals surface area contributed by atoms with Gasteiger partial charge in [0.15, 0.2) is 0 Å². The van der Waals surface area contributed by atoms with E-state index in [9.17, 15) is 14.7 Å². The molecule has 1 aromatic carbocycles. The summed E-state index contributed by atoms with van der Waals surface area (Å²) in [4.78, 5) is 24.1. The summed E-state index contributed by atoms with van der Waals surface area (Å²) in [6.07, 6.45) is -0.784. The summed E-state index contributed by atoms with van der Waals surface area (Å²) in [6.45, 7) is 0.0804. The van der Waals surface area contributed by atoms with Crippen LogP contribution in [0.25, 0.3) is 0 Å². The highest BCUT2D eigenvalue weighted by Crippen LogP contribution is 2.33. The van der Waals surface area contributed by atoms with Crippen molar-refractivity contribution in [3.05, 3.63) is 27.2 Å². The highest BCUT2D eigenvalue weighted by atomic mass is 79.9. The van der Waals surface area contributed by atoms with Gasteiger partial charge in [-0.1, -0.05) is 11.6 Å². The molecule has 1 saturated heterocycles. The van der Waals surface area contributed by atoms with Crippen molar-refractivity contribution in [3.8, 4) is 0 Å². The number of hydrogen-bond donors (Lipinski definition) is 2. The molecule has 0 saturated carbocycles. The number of nitrogens with zero attached hydrogens (tertiary/aromatic N) is 1. The Morgan fingerprint density at radius 3 is 2.67 bits per heavy atom. The smallest absolute Gasteiger partial charge is 0.337 e. The van der Waals surface area contributed by atoms with E-state index in [1.165, 1.54) is 17.0 Å². The Labute approximate surface area is 116 Å². The van der Waals surface area contributed by atoms with Gasteiger partial charge in [0, 0.05) is 4.47 Å². The molecule has 2 N–H and O–H groups in total. The van der Waals surface area contributed by atoms with Gasteiger partial charge in [-0.15, -0.1) is 0 Å². The second-order valence-electron chi connectivity index (χ2n) is 3.95. The molecule has 1 unspecified atom stereocenters. The molecule has 0 radical (unpaired) electrons. The number of carboxylic acids is 1. The molecular weight excluding hydrogens is 325 g/mol. The van der Waals surface area contributed by atoms with E-state index in [0.717, 1.165) is 0 Å². The lowest BCUT2D eigenvalue weighted by atomic mass is 10.1. The highest BCUT2D eigenvalue weighted by molar-refractivity contribution is 9.10. The summed E-state index contributed by atoms with van der Waals surface area (Å²) >= 11 is 9.05. The number of rotatable bonds is 2. The van der Waals surface area contributed by atoms with E-state index in [4.69, 9.17) is 16.7 Å². The van der Waals surface area contributed by atoms with Gasteiger partial charge in [-0.2, -0.15) is 0 Å². The van der Waals surface area contributed by atoms with E-state index >= 15 is 0 Å². The second kappa shape index (κ2) is 4.87. The monoisotopic (exact) mass is 333 g/mol. The lowest BCUT2D eigenvalue weighted by Crippen LogP contribution is -2.27. The summed E-state index contributed by atoms with van der Waals surface area (Å²) in [5.41, 5.74) is 0.172. The lowest BCUT2D eigenvalue weighted by Gasteiger charge is -2.19. The van der Waals surface area contributed by atoms with Crippen LogP contribution in [-0.4, -0.2) is 34.7 Å². The Kier molecular flexibility index (Phi) is 3.61. The second-order valence-corrected chi connectivity index (χ2v) is 5.21. The number of amides is 1. The van der Waals surface area contributed by atoms with E-state index in [1.54, 1.807) is 0 Å². The molecule has 5 nitrogen and oxygen atoms in total. The van der Waals surface area contributed by atoms with Crippen LogP contribution in [0.1, 0.15) is 16.8 Å². The number of halogens is 2. The van der Waals surface area contributed by atoms with Gasteiger partial charge in [0.05, 0.1) is 35.3 Å². The molecular formula is C11H9BrClNO4. The fourth-order valence-corrected chi connectivity index (χ4v) is 2.35. The standard InChI is InChI=1S/C11H9BrClNO4/c12-7-2-6(11(17)18)9(3-8(7)13)14-4-5(15)1-10(14)16/h2-3,5,15H,1,4H2,(H,17,18). The van der Waals surface area contributed by atoms with Gasteiger partial charge < -0.3 is 15.1 Å². The largest absolute Gasteiger partial charge is 0.478 e. The van der Waals surface area contributed by atoms with Crippen LogP contribution in [0.4, 0.5) is 5.69 Å². The van der Waals surface area contributed by atoms with Crippen LogP contribution in [0.5, 0.6) is 0 Å². The van der Waals surface area contributed by atoms with Gasteiger partial charge >= 0.3 is 5.97 Å². The summed E-state index contributed by atoms with van der Waals surface area (Å²) in [5.74, 6) is -1.47. The third kappa shape index (κ3) is 2.36. The lowest BCUT2D eigenvalue weighted by molar-refractivity contribution is -0.117. The van der Waals surface area contributed by atoms with Crippen LogP contribution in [0.15, 0.2) is 16.6 Å². The first-order valence-corrected chi connectivity index (χ1v) is 6.28.